The highest BCUT2D eigenvalue weighted by atomic mass is 16.5. The Labute approximate surface area is 409 Å². The van der Waals surface area contributed by atoms with Crippen molar-refractivity contribution in [2.75, 3.05) is 110 Å². The number of fused-ring (bicyclic) bond motifs is 2. The summed E-state index contributed by atoms with van der Waals surface area (Å²) in [6.07, 6.45) is 8.22. The number of hydrogen-bond donors (Lipinski definition) is 0. The van der Waals surface area contributed by atoms with Crippen LogP contribution in [-0.4, -0.2) is 131 Å². The SMILES string of the molecule is COc1ccc(C[C@@H]2c3cc(OC)c(OC)cc3CC[N@@+]2(C)CCC(=O)OCCCCCCCOC(=O)CC[N+]2(C)CCc3cc(OC)c(OC)cc3[C@@H]2Cc2ccc(OC)c(OC)c2)cc1OC. The van der Waals surface area contributed by atoms with E-state index in [0.717, 1.165) is 82.0 Å². The number of esters is 2. The number of benzene rings is 4. The van der Waals surface area contributed by atoms with Gasteiger partial charge in [0.15, 0.2) is 46.0 Å². The van der Waals surface area contributed by atoms with Crippen LogP contribution in [0.3, 0.4) is 0 Å². The molecule has 0 saturated heterocycles. The summed E-state index contributed by atoms with van der Waals surface area (Å²) in [6.45, 7) is 3.79. The largest absolute Gasteiger partial charge is 0.493 e. The Balaban J connectivity index is 0.941. The van der Waals surface area contributed by atoms with Gasteiger partial charge in [0.05, 0.1) is 123 Å². The van der Waals surface area contributed by atoms with E-state index in [9.17, 15) is 9.59 Å². The number of unbranched alkanes of at least 4 members (excludes halogenated alkanes) is 4. The molecule has 0 amide bonds. The standard InChI is InChI=1S/C55H76N2O12/c1-56(24-20-40-34-50(64-7)52(66-9)36-42(40)44(56)30-38-16-18-46(60-3)48(32-38)62-5)26-22-54(58)68-28-14-12-11-13-15-29-69-55(59)23-27-57(2)25-21-41-35-51(65-8)53(67-10)37-43(41)45(57)31-39-17-19-47(61-4)49(33-39)63-6/h16-19,32-37,44-45H,11-15,20-31H2,1-10H3/q+2/t44-,45+,56+,57?/m1/s1. The van der Waals surface area contributed by atoms with E-state index in [1.165, 1.54) is 22.3 Å². The van der Waals surface area contributed by atoms with E-state index in [4.69, 9.17) is 47.4 Å². The molecule has 376 valence electrons. The van der Waals surface area contributed by atoms with Crippen LogP contribution in [0, 0.1) is 0 Å². The smallest absolute Gasteiger partial charge is 0.311 e. The topological polar surface area (TPSA) is 126 Å². The van der Waals surface area contributed by atoms with Crippen molar-refractivity contribution in [1.29, 1.82) is 0 Å². The molecule has 0 saturated carbocycles. The lowest BCUT2D eigenvalue weighted by atomic mass is 9.86. The quantitative estimate of drug-likeness (QED) is 0.0339. The van der Waals surface area contributed by atoms with Gasteiger partial charge in [0, 0.05) is 36.8 Å². The van der Waals surface area contributed by atoms with Crippen LogP contribution in [0.1, 0.15) is 90.4 Å². The molecule has 2 heterocycles. The van der Waals surface area contributed by atoms with Gasteiger partial charge in [-0.05, 0) is 83.6 Å². The zero-order valence-corrected chi connectivity index (χ0v) is 42.7. The third-order valence-electron chi connectivity index (χ3n) is 14.5. The molecule has 4 aromatic rings. The molecule has 2 aliphatic heterocycles. The summed E-state index contributed by atoms with van der Waals surface area (Å²) >= 11 is 0. The van der Waals surface area contributed by atoms with E-state index in [2.05, 4.69) is 50.5 Å². The maximum atomic E-state index is 13.2. The van der Waals surface area contributed by atoms with Gasteiger partial charge in [0.2, 0.25) is 0 Å². The molecule has 0 radical (unpaired) electrons. The summed E-state index contributed by atoms with van der Waals surface area (Å²) in [5.41, 5.74) is 7.07. The van der Waals surface area contributed by atoms with Gasteiger partial charge in [-0.2, -0.15) is 0 Å². The summed E-state index contributed by atoms with van der Waals surface area (Å²) in [5.74, 6) is 5.19. The normalized spacial score (nSPS) is 19.3. The molecule has 2 aliphatic rings. The van der Waals surface area contributed by atoms with Crippen LogP contribution in [-0.2, 0) is 44.7 Å². The van der Waals surface area contributed by atoms with Crippen molar-refractivity contribution >= 4 is 11.9 Å². The highest BCUT2D eigenvalue weighted by Crippen LogP contribution is 2.45. The van der Waals surface area contributed by atoms with Gasteiger partial charge < -0.3 is 56.3 Å². The molecular weight excluding hydrogens is 881 g/mol. The van der Waals surface area contributed by atoms with E-state index < -0.39 is 0 Å². The second-order valence-electron chi connectivity index (χ2n) is 18.7. The number of rotatable bonds is 26. The maximum absolute atomic E-state index is 13.2. The lowest BCUT2D eigenvalue weighted by molar-refractivity contribution is -0.940. The van der Waals surface area contributed by atoms with Gasteiger partial charge in [-0.15, -0.1) is 0 Å². The molecular formula is C55H76N2O12+2. The first-order valence-corrected chi connectivity index (χ1v) is 24.3. The fourth-order valence-corrected chi connectivity index (χ4v) is 10.3. The summed E-state index contributed by atoms with van der Waals surface area (Å²) < 4.78 is 57.9. The summed E-state index contributed by atoms with van der Waals surface area (Å²) in [6, 6.07) is 20.6. The highest BCUT2D eigenvalue weighted by Gasteiger charge is 2.42. The third kappa shape index (κ3) is 12.9. The monoisotopic (exact) mass is 957 g/mol. The van der Waals surface area contributed by atoms with Crippen LogP contribution < -0.4 is 37.9 Å². The van der Waals surface area contributed by atoms with Crippen molar-refractivity contribution in [3.05, 3.63) is 94.0 Å². The van der Waals surface area contributed by atoms with Gasteiger partial charge in [0.1, 0.15) is 12.1 Å². The van der Waals surface area contributed by atoms with Crippen molar-refractivity contribution in [2.24, 2.45) is 0 Å². The molecule has 14 heteroatoms. The Kier molecular flexibility index (Phi) is 18.7. The van der Waals surface area contributed by atoms with Crippen molar-refractivity contribution in [3.8, 4) is 46.0 Å². The predicted molar refractivity (Wildman–Crippen MR) is 265 cm³/mol. The number of likely N-dealkylation sites (N-methyl/N-ethyl adjacent to an activating group) is 2. The number of carbonyl (C=O) groups excluding carboxylic acids is 2. The number of carbonyl (C=O) groups is 2. The van der Waals surface area contributed by atoms with Crippen LogP contribution in [0.4, 0.5) is 0 Å². The van der Waals surface area contributed by atoms with Crippen molar-refractivity contribution in [3.63, 3.8) is 0 Å². The number of quaternary nitrogens is 2. The molecule has 14 nitrogen and oxygen atoms in total. The first-order valence-electron chi connectivity index (χ1n) is 24.3. The average Bonchev–Trinajstić information content (AvgIpc) is 3.37. The predicted octanol–water partition coefficient (Wildman–Crippen LogP) is 8.85. The highest BCUT2D eigenvalue weighted by molar-refractivity contribution is 5.69. The average molecular weight is 957 g/mol. The molecule has 0 spiro atoms. The molecule has 4 aromatic carbocycles. The summed E-state index contributed by atoms with van der Waals surface area (Å²) in [7, 11) is 17.7. The van der Waals surface area contributed by atoms with Gasteiger partial charge in [-0.1, -0.05) is 31.4 Å². The van der Waals surface area contributed by atoms with Gasteiger partial charge in [0.25, 0.3) is 0 Å². The van der Waals surface area contributed by atoms with Crippen LogP contribution in [0.5, 0.6) is 46.0 Å². The number of ether oxygens (including phenoxy) is 10. The maximum Gasteiger partial charge on any atom is 0.311 e. The van der Waals surface area contributed by atoms with Crippen molar-refractivity contribution in [2.45, 2.75) is 82.7 Å². The molecule has 4 atom stereocenters. The number of nitrogens with zero attached hydrogens (tertiary/aromatic N) is 2. The summed E-state index contributed by atoms with van der Waals surface area (Å²) in [5, 5.41) is 0. The van der Waals surface area contributed by atoms with E-state index in [1.807, 2.05) is 24.3 Å². The molecule has 0 bridgehead atoms. The first kappa shape index (κ1) is 52.5. The van der Waals surface area contributed by atoms with Gasteiger partial charge in [-0.3, -0.25) is 9.59 Å². The third-order valence-corrected chi connectivity index (χ3v) is 14.5. The van der Waals surface area contributed by atoms with Crippen LogP contribution in [0.25, 0.3) is 0 Å². The minimum absolute atomic E-state index is 0.0559. The fraction of sp³-hybridized carbons (Fsp3) is 0.527. The zero-order valence-electron chi connectivity index (χ0n) is 42.7. The number of methoxy groups -OCH3 is 8. The molecule has 0 N–H and O–H groups in total. The minimum atomic E-state index is -0.179. The molecule has 0 aliphatic carbocycles. The van der Waals surface area contributed by atoms with E-state index in [0.29, 0.717) is 94.1 Å². The van der Waals surface area contributed by atoms with Crippen LogP contribution >= 0.6 is 0 Å². The van der Waals surface area contributed by atoms with Crippen LogP contribution in [0.2, 0.25) is 0 Å². The molecule has 0 fully saturated rings. The van der Waals surface area contributed by atoms with E-state index in [1.54, 1.807) is 56.9 Å². The fourth-order valence-electron chi connectivity index (χ4n) is 10.3. The molecule has 69 heavy (non-hydrogen) atoms. The Bertz CT molecular complexity index is 2190. The number of hydrogen-bond acceptors (Lipinski definition) is 12. The van der Waals surface area contributed by atoms with Gasteiger partial charge >= 0.3 is 11.9 Å². The Hall–Kier alpha value is -5.86. The molecule has 1 unspecified atom stereocenters. The lowest BCUT2D eigenvalue weighted by Gasteiger charge is -2.46. The zero-order chi connectivity index (χ0) is 49.6. The molecule has 0 aromatic heterocycles. The Morgan fingerprint density at radius 3 is 1.14 bits per heavy atom. The second kappa shape index (κ2) is 24.6. The summed E-state index contributed by atoms with van der Waals surface area (Å²) in [4.78, 5) is 26.3. The Morgan fingerprint density at radius 1 is 0.449 bits per heavy atom. The van der Waals surface area contributed by atoms with Gasteiger partial charge in [-0.25, -0.2) is 0 Å². The minimum Gasteiger partial charge on any atom is -0.493 e. The van der Waals surface area contributed by atoms with Crippen LogP contribution in [0.15, 0.2) is 60.7 Å². The van der Waals surface area contributed by atoms with E-state index >= 15 is 0 Å². The Morgan fingerprint density at radius 2 is 0.783 bits per heavy atom. The van der Waals surface area contributed by atoms with Crippen molar-refractivity contribution < 1.29 is 65.9 Å². The van der Waals surface area contributed by atoms with Crippen molar-refractivity contribution in [1.82, 2.24) is 0 Å². The second-order valence-corrected chi connectivity index (χ2v) is 18.7. The lowest BCUT2D eigenvalue weighted by Crippen LogP contribution is -2.53. The molecule has 6 rings (SSSR count). The first-order chi connectivity index (χ1) is 33.4. The van der Waals surface area contributed by atoms with E-state index in [-0.39, 0.29) is 24.0 Å².